The highest BCUT2D eigenvalue weighted by Gasteiger charge is 2.57. The Morgan fingerprint density at radius 2 is 1.72 bits per heavy atom. The Hall–Kier alpha value is -2.32. The van der Waals surface area contributed by atoms with Crippen LogP contribution in [0.2, 0.25) is 0 Å². The van der Waals surface area contributed by atoms with Crippen LogP contribution in [0.4, 0.5) is 0 Å². The van der Waals surface area contributed by atoms with Gasteiger partial charge in [0.05, 0.1) is 30.6 Å². The summed E-state index contributed by atoms with van der Waals surface area (Å²) in [5.74, 6) is -1.33. The zero-order valence-electron chi connectivity index (χ0n) is 16.4. The van der Waals surface area contributed by atoms with Crippen molar-refractivity contribution in [3.8, 4) is 0 Å². The molecule has 8 nitrogen and oxygen atoms in total. The SMILES string of the molecule is O=NCCN1CCN(C(=O)C2C(C(=O)OCc3ccccc3)[C@H]3CC[C@@H]2O3)CC1. The highest BCUT2D eigenvalue weighted by atomic mass is 16.5. The molecule has 4 rings (SSSR count). The molecule has 0 aliphatic carbocycles. The van der Waals surface area contributed by atoms with E-state index < -0.39 is 11.8 Å². The standard InChI is InChI=1S/C21H27N3O5/c25-20(24-12-10-23(11-13-24)9-8-22-27)18-16-6-7-17(29-16)19(18)21(26)28-14-15-4-2-1-3-5-15/h1-5,16-19H,6-14H2/t16-,17+,18?,19?/m0/s1. The highest BCUT2D eigenvalue weighted by molar-refractivity contribution is 5.87. The largest absolute Gasteiger partial charge is 0.461 e. The van der Waals surface area contributed by atoms with Crippen LogP contribution >= 0.6 is 0 Å². The fraction of sp³-hybridized carbons (Fsp3) is 0.619. The van der Waals surface area contributed by atoms with Crippen LogP contribution in [0, 0.1) is 16.7 Å². The van der Waals surface area contributed by atoms with Crippen LogP contribution < -0.4 is 0 Å². The number of benzene rings is 1. The third-order valence-electron chi connectivity index (χ3n) is 6.25. The van der Waals surface area contributed by atoms with Crippen LogP contribution in [0.25, 0.3) is 0 Å². The van der Waals surface area contributed by atoms with E-state index >= 15 is 0 Å². The summed E-state index contributed by atoms with van der Waals surface area (Å²) in [6.45, 7) is 3.71. The maximum absolute atomic E-state index is 13.3. The van der Waals surface area contributed by atoms with E-state index in [4.69, 9.17) is 9.47 Å². The molecule has 2 unspecified atom stereocenters. The smallest absolute Gasteiger partial charge is 0.312 e. The molecule has 1 aromatic carbocycles. The van der Waals surface area contributed by atoms with Crippen LogP contribution in [0.5, 0.6) is 0 Å². The number of hydrogen-bond donors (Lipinski definition) is 0. The first-order valence-electron chi connectivity index (χ1n) is 10.3. The van der Waals surface area contributed by atoms with E-state index in [0.29, 0.717) is 32.7 Å². The maximum atomic E-state index is 13.3. The molecule has 3 heterocycles. The number of nitrogens with zero attached hydrogens (tertiary/aromatic N) is 3. The quantitative estimate of drug-likeness (QED) is 0.507. The van der Waals surface area contributed by atoms with Gasteiger partial charge in [-0.05, 0) is 18.4 Å². The maximum Gasteiger partial charge on any atom is 0.312 e. The lowest BCUT2D eigenvalue weighted by atomic mass is 9.78. The van der Waals surface area contributed by atoms with Crippen LogP contribution in [-0.2, 0) is 25.7 Å². The summed E-state index contributed by atoms with van der Waals surface area (Å²) >= 11 is 0. The van der Waals surface area contributed by atoms with Crippen molar-refractivity contribution in [2.45, 2.75) is 31.7 Å². The lowest BCUT2D eigenvalue weighted by Crippen LogP contribution is -2.53. The second kappa shape index (κ2) is 9.00. The molecular weight excluding hydrogens is 374 g/mol. The van der Waals surface area contributed by atoms with Crippen molar-refractivity contribution in [2.75, 3.05) is 39.3 Å². The van der Waals surface area contributed by atoms with Crippen molar-refractivity contribution < 1.29 is 19.1 Å². The van der Waals surface area contributed by atoms with Gasteiger partial charge in [0.1, 0.15) is 6.61 Å². The lowest BCUT2D eigenvalue weighted by Gasteiger charge is -2.37. The van der Waals surface area contributed by atoms with Crippen molar-refractivity contribution in [2.24, 2.45) is 17.0 Å². The number of nitroso groups, excluding NO2 is 1. The van der Waals surface area contributed by atoms with E-state index in [1.54, 1.807) is 0 Å². The Labute approximate surface area is 170 Å². The molecule has 0 spiro atoms. The molecule has 3 aliphatic heterocycles. The second-order valence-electron chi connectivity index (χ2n) is 7.95. The number of esters is 1. The Morgan fingerprint density at radius 3 is 2.41 bits per heavy atom. The van der Waals surface area contributed by atoms with Gasteiger partial charge in [0.15, 0.2) is 0 Å². The Balaban J connectivity index is 1.37. The normalized spacial score (nSPS) is 29.0. The fourth-order valence-electron chi connectivity index (χ4n) is 4.70. The minimum Gasteiger partial charge on any atom is -0.461 e. The number of piperazine rings is 1. The molecule has 3 aliphatic rings. The molecule has 1 amide bonds. The van der Waals surface area contributed by atoms with Crippen LogP contribution in [0.3, 0.4) is 0 Å². The summed E-state index contributed by atoms with van der Waals surface area (Å²) in [7, 11) is 0. The van der Waals surface area contributed by atoms with E-state index in [1.165, 1.54) is 0 Å². The molecule has 0 saturated carbocycles. The number of carbonyl (C=O) groups excluding carboxylic acids is 2. The monoisotopic (exact) mass is 401 g/mol. The summed E-state index contributed by atoms with van der Waals surface area (Å²) < 4.78 is 11.5. The number of ether oxygens (including phenoxy) is 2. The number of fused-ring (bicyclic) bond motifs is 2. The average Bonchev–Trinajstić information content (AvgIpc) is 3.38. The number of carbonyl (C=O) groups is 2. The summed E-state index contributed by atoms with van der Waals surface area (Å²) in [6, 6.07) is 9.54. The molecule has 0 aromatic heterocycles. The molecule has 1 aromatic rings. The molecule has 0 radical (unpaired) electrons. The first-order valence-corrected chi connectivity index (χ1v) is 10.3. The third kappa shape index (κ3) is 4.33. The van der Waals surface area contributed by atoms with Crippen molar-refractivity contribution in [1.29, 1.82) is 0 Å². The summed E-state index contributed by atoms with van der Waals surface area (Å²) in [5, 5.41) is 2.90. The minimum atomic E-state index is -0.526. The Kier molecular flexibility index (Phi) is 6.20. The van der Waals surface area contributed by atoms with Gasteiger partial charge in [-0.1, -0.05) is 35.5 Å². The van der Waals surface area contributed by atoms with E-state index in [9.17, 15) is 14.5 Å². The summed E-state index contributed by atoms with van der Waals surface area (Å²) in [4.78, 5) is 40.4. The minimum absolute atomic E-state index is 0.00739. The summed E-state index contributed by atoms with van der Waals surface area (Å²) in [5.41, 5.74) is 0.925. The molecular formula is C21H27N3O5. The molecule has 3 fully saturated rings. The molecule has 4 atom stereocenters. The first kappa shape index (κ1) is 20.0. The molecule has 2 bridgehead atoms. The van der Waals surface area contributed by atoms with Crippen LogP contribution in [0.1, 0.15) is 18.4 Å². The predicted molar refractivity (Wildman–Crippen MR) is 105 cm³/mol. The number of hydrogen-bond acceptors (Lipinski definition) is 7. The average molecular weight is 401 g/mol. The van der Waals surface area contributed by atoms with Gasteiger partial charge in [0.25, 0.3) is 0 Å². The van der Waals surface area contributed by atoms with Crippen molar-refractivity contribution in [1.82, 2.24) is 9.80 Å². The van der Waals surface area contributed by atoms with Crippen molar-refractivity contribution in [3.05, 3.63) is 40.8 Å². The highest BCUT2D eigenvalue weighted by Crippen LogP contribution is 2.45. The molecule has 0 N–H and O–H groups in total. The zero-order valence-corrected chi connectivity index (χ0v) is 16.4. The van der Waals surface area contributed by atoms with Crippen LogP contribution in [-0.4, -0.2) is 73.2 Å². The molecule has 3 saturated heterocycles. The van der Waals surface area contributed by atoms with Gasteiger partial charge in [-0.3, -0.25) is 14.5 Å². The van der Waals surface area contributed by atoms with E-state index in [2.05, 4.69) is 10.1 Å². The van der Waals surface area contributed by atoms with Gasteiger partial charge in [0, 0.05) is 32.7 Å². The van der Waals surface area contributed by atoms with E-state index in [1.807, 2.05) is 35.2 Å². The Bertz CT molecular complexity index is 735. The van der Waals surface area contributed by atoms with Crippen molar-refractivity contribution in [3.63, 3.8) is 0 Å². The lowest BCUT2D eigenvalue weighted by molar-refractivity contribution is -0.157. The topological polar surface area (TPSA) is 88.5 Å². The van der Waals surface area contributed by atoms with E-state index in [0.717, 1.165) is 18.4 Å². The zero-order chi connectivity index (χ0) is 20.2. The summed E-state index contributed by atoms with van der Waals surface area (Å²) in [6.07, 6.45) is 1.19. The Morgan fingerprint density at radius 1 is 1.03 bits per heavy atom. The molecule has 8 heteroatoms. The molecule has 29 heavy (non-hydrogen) atoms. The van der Waals surface area contributed by atoms with Crippen molar-refractivity contribution >= 4 is 11.9 Å². The number of amides is 1. The second-order valence-corrected chi connectivity index (χ2v) is 7.95. The predicted octanol–water partition coefficient (Wildman–Crippen LogP) is 1.43. The third-order valence-corrected chi connectivity index (χ3v) is 6.25. The van der Waals surface area contributed by atoms with Gasteiger partial charge in [-0.2, -0.15) is 4.91 Å². The van der Waals surface area contributed by atoms with Gasteiger partial charge in [-0.15, -0.1) is 0 Å². The van der Waals surface area contributed by atoms with Gasteiger partial charge < -0.3 is 14.4 Å². The number of rotatable bonds is 7. The van der Waals surface area contributed by atoms with Gasteiger partial charge in [0.2, 0.25) is 5.91 Å². The van der Waals surface area contributed by atoms with Gasteiger partial charge >= 0.3 is 5.97 Å². The fourth-order valence-corrected chi connectivity index (χ4v) is 4.70. The van der Waals surface area contributed by atoms with E-state index in [-0.39, 0.29) is 37.2 Å². The molecule has 156 valence electrons. The first-order chi connectivity index (χ1) is 14.2. The van der Waals surface area contributed by atoms with Crippen LogP contribution in [0.15, 0.2) is 35.5 Å². The van der Waals surface area contributed by atoms with Gasteiger partial charge in [-0.25, -0.2) is 0 Å².